The zero-order valence-corrected chi connectivity index (χ0v) is 24.2. The highest BCUT2D eigenvalue weighted by molar-refractivity contribution is 9.10. The van der Waals surface area contributed by atoms with Crippen LogP contribution in [-0.4, -0.2) is 35.5 Å². The Labute approximate surface area is 236 Å². The largest absolute Gasteiger partial charge is 0.493 e. The van der Waals surface area contributed by atoms with Gasteiger partial charge in [0.25, 0.3) is 11.5 Å². The highest BCUT2D eigenvalue weighted by atomic mass is 79.9. The van der Waals surface area contributed by atoms with E-state index in [9.17, 15) is 9.59 Å². The summed E-state index contributed by atoms with van der Waals surface area (Å²) < 4.78 is 14.0. The third-order valence-electron chi connectivity index (χ3n) is 5.87. The van der Waals surface area contributed by atoms with E-state index in [1.165, 1.54) is 11.8 Å². The lowest BCUT2D eigenvalue weighted by atomic mass is 10.1. The summed E-state index contributed by atoms with van der Waals surface area (Å²) in [6.45, 7) is 3.85. The number of nitrogens with one attached hydrogen (secondary N) is 1. The van der Waals surface area contributed by atoms with Gasteiger partial charge in [0.05, 0.1) is 28.7 Å². The van der Waals surface area contributed by atoms with E-state index in [-0.39, 0.29) is 24.0 Å². The van der Waals surface area contributed by atoms with Crippen molar-refractivity contribution in [1.29, 1.82) is 0 Å². The number of hydrogen-bond donors (Lipinski definition) is 1. The maximum Gasteiger partial charge on any atom is 0.282 e. The standard InChI is InChI=1S/C28H26Br2N4O4/c1-4-17(2)27-33-23-11-10-19(29)14-21(23)28(36)34(27)31-15-18-12-22(30)26(24(13-18)37-3)38-16-25(35)32-20-8-6-5-7-9-20/h5-15,17H,4,16H2,1-3H3,(H,32,35)/t17-/m1/s1. The van der Waals surface area contributed by atoms with Crippen LogP contribution in [0.2, 0.25) is 0 Å². The summed E-state index contributed by atoms with van der Waals surface area (Å²) in [5.41, 5.74) is 1.72. The normalized spacial score (nSPS) is 12.0. The number of carbonyl (C=O) groups excluding carboxylic acids is 1. The van der Waals surface area contributed by atoms with Gasteiger partial charge >= 0.3 is 0 Å². The van der Waals surface area contributed by atoms with Crippen molar-refractivity contribution < 1.29 is 14.3 Å². The van der Waals surface area contributed by atoms with Crippen LogP contribution in [-0.2, 0) is 4.79 Å². The van der Waals surface area contributed by atoms with Crippen molar-refractivity contribution in [1.82, 2.24) is 9.66 Å². The molecule has 4 rings (SSSR count). The van der Waals surface area contributed by atoms with Gasteiger partial charge < -0.3 is 14.8 Å². The molecule has 38 heavy (non-hydrogen) atoms. The third kappa shape index (κ3) is 6.31. The molecule has 1 atom stereocenters. The molecule has 0 aliphatic rings. The van der Waals surface area contributed by atoms with E-state index < -0.39 is 0 Å². The van der Waals surface area contributed by atoms with E-state index in [2.05, 4.69) is 42.3 Å². The van der Waals surface area contributed by atoms with Crippen LogP contribution in [0.1, 0.15) is 37.6 Å². The number of carbonyl (C=O) groups is 1. The van der Waals surface area contributed by atoms with Crippen molar-refractivity contribution in [3.63, 3.8) is 0 Å². The SMILES string of the molecule is CC[C@@H](C)c1nc2ccc(Br)cc2c(=O)n1N=Cc1cc(Br)c(OCC(=O)Nc2ccccc2)c(OC)c1. The van der Waals surface area contributed by atoms with Crippen LogP contribution in [0.3, 0.4) is 0 Å². The van der Waals surface area contributed by atoms with Gasteiger partial charge in [-0.15, -0.1) is 0 Å². The minimum atomic E-state index is -0.303. The van der Waals surface area contributed by atoms with Crippen LogP contribution < -0.4 is 20.3 Å². The predicted octanol–water partition coefficient (Wildman–Crippen LogP) is 6.34. The molecule has 1 N–H and O–H groups in total. The van der Waals surface area contributed by atoms with E-state index in [4.69, 9.17) is 14.5 Å². The van der Waals surface area contributed by atoms with Gasteiger partial charge in [-0.2, -0.15) is 9.78 Å². The molecule has 8 nitrogen and oxygen atoms in total. The lowest BCUT2D eigenvalue weighted by Gasteiger charge is -2.15. The molecule has 3 aromatic carbocycles. The van der Waals surface area contributed by atoms with E-state index in [0.717, 1.165) is 10.9 Å². The van der Waals surface area contributed by atoms with Gasteiger partial charge in [-0.25, -0.2) is 4.98 Å². The Hall–Kier alpha value is -3.50. The van der Waals surface area contributed by atoms with Gasteiger partial charge in [0.1, 0.15) is 5.82 Å². The summed E-state index contributed by atoms with van der Waals surface area (Å²) in [6.07, 6.45) is 2.37. The molecule has 10 heteroatoms. The summed E-state index contributed by atoms with van der Waals surface area (Å²) in [6, 6.07) is 18.1. The third-order valence-corrected chi connectivity index (χ3v) is 6.95. The van der Waals surface area contributed by atoms with Crippen molar-refractivity contribution in [2.24, 2.45) is 5.10 Å². The number of para-hydroxylation sites is 1. The van der Waals surface area contributed by atoms with Crippen LogP contribution in [0.4, 0.5) is 5.69 Å². The molecule has 1 aromatic heterocycles. The molecule has 0 aliphatic heterocycles. The van der Waals surface area contributed by atoms with Gasteiger partial charge in [0.15, 0.2) is 18.1 Å². The molecule has 1 amide bonds. The van der Waals surface area contributed by atoms with Crippen molar-refractivity contribution in [2.75, 3.05) is 19.0 Å². The van der Waals surface area contributed by atoms with Crippen molar-refractivity contribution >= 4 is 60.6 Å². The van der Waals surface area contributed by atoms with Gasteiger partial charge in [-0.05, 0) is 70.4 Å². The molecule has 0 bridgehead atoms. The lowest BCUT2D eigenvalue weighted by molar-refractivity contribution is -0.118. The lowest BCUT2D eigenvalue weighted by Crippen LogP contribution is -2.23. The average Bonchev–Trinajstić information content (AvgIpc) is 2.91. The summed E-state index contributed by atoms with van der Waals surface area (Å²) >= 11 is 6.93. The molecule has 0 saturated carbocycles. The van der Waals surface area contributed by atoms with Gasteiger partial charge in [0, 0.05) is 16.1 Å². The summed E-state index contributed by atoms with van der Waals surface area (Å²) in [5.74, 6) is 1.08. The Morgan fingerprint density at radius 2 is 1.92 bits per heavy atom. The fraction of sp³-hybridized carbons (Fsp3) is 0.214. The van der Waals surface area contributed by atoms with Gasteiger partial charge in [-0.3, -0.25) is 9.59 Å². The number of rotatable bonds is 9. The molecule has 0 saturated heterocycles. The number of anilines is 1. The van der Waals surface area contributed by atoms with Crippen LogP contribution >= 0.6 is 31.9 Å². The molecule has 0 spiro atoms. The molecule has 0 aliphatic carbocycles. The first-order valence-corrected chi connectivity index (χ1v) is 13.5. The van der Waals surface area contributed by atoms with Crippen molar-refractivity contribution in [3.8, 4) is 11.5 Å². The topological polar surface area (TPSA) is 94.8 Å². The van der Waals surface area contributed by atoms with Crippen LogP contribution in [0, 0.1) is 0 Å². The van der Waals surface area contributed by atoms with Gasteiger partial charge in [-0.1, -0.05) is 48.0 Å². The monoisotopic (exact) mass is 640 g/mol. The van der Waals surface area contributed by atoms with Crippen LogP contribution in [0.25, 0.3) is 10.9 Å². The van der Waals surface area contributed by atoms with E-state index in [1.54, 1.807) is 36.5 Å². The number of halogens is 2. The molecular weight excluding hydrogens is 616 g/mol. The van der Waals surface area contributed by atoms with Crippen molar-refractivity contribution in [3.05, 3.63) is 91.4 Å². The number of ether oxygens (including phenoxy) is 2. The smallest absolute Gasteiger partial charge is 0.282 e. The second-order valence-electron chi connectivity index (χ2n) is 8.54. The number of methoxy groups -OCH3 is 1. The first-order chi connectivity index (χ1) is 18.3. The van der Waals surface area contributed by atoms with Crippen molar-refractivity contribution in [2.45, 2.75) is 26.2 Å². The second kappa shape index (κ2) is 12.4. The quantitative estimate of drug-likeness (QED) is 0.215. The highest BCUT2D eigenvalue weighted by Gasteiger charge is 2.17. The van der Waals surface area contributed by atoms with E-state index >= 15 is 0 Å². The van der Waals surface area contributed by atoms with E-state index in [0.29, 0.717) is 43.9 Å². The molecule has 196 valence electrons. The average molecular weight is 642 g/mol. The number of aromatic nitrogens is 2. The Morgan fingerprint density at radius 3 is 2.63 bits per heavy atom. The first-order valence-electron chi connectivity index (χ1n) is 11.9. The molecule has 0 radical (unpaired) electrons. The maximum absolute atomic E-state index is 13.4. The second-order valence-corrected chi connectivity index (χ2v) is 10.3. The molecule has 4 aromatic rings. The van der Waals surface area contributed by atoms with E-state index in [1.807, 2.05) is 44.2 Å². The highest BCUT2D eigenvalue weighted by Crippen LogP contribution is 2.36. The Morgan fingerprint density at radius 1 is 1.16 bits per heavy atom. The fourth-order valence-corrected chi connectivity index (χ4v) is 4.65. The first kappa shape index (κ1) is 27.5. The fourth-order valence-electron chi connectivity index (χ4n) is 3.71. The summed E-state index contributed by atoms with van der Waals surface area (Å²) in [7, 11) is 1.51. The number of amides is 1. The zero-order valence-electron chi connectivity index (χ0n) is 21.1. The number of fused-ring (bicyclic) bond motifs is 1. The minimum absolute atomic E-state index is 0.0203. The minimum Gasteiger partial charge on any atom is -0.493 e. The zero-order chi connectivity index (χ0) is 27.2. The molecule has 0 unspecified atom stereocenters. The number of hydrogen-bond acceptors (Lipinski definition) is 6. The summed E-state index contributed by atoms with van der Waals surface area (Å²) in [4.78, 5) is 30.4. The predicted molar refractivity (Wildman–Crippen MR) is 157 cm³/mol. The molecule has 0 fully saturated rings. The van der Waals surface area contributed by atoms with Crippen LogP contribution in [0.5, 0.6) is 11.5 Å². The van der Waals surface area contributed by atoms with Gasteiger partial charge in [0.2, 0.25) is 0 Å². The Balaban J connectivity index is 1.62. The number of benzene rings is 3. The number of nitrogens with zero attached hydrogens (tertiary/aromatic N) is 3. The Bertz CT molecular complexity index is 1550. The molecular formula is C28H26Br2N4O4. The maximum atomic E-state index is 13.4. The summed E-state index contributed by atoms with van der Waals surface area (Å²) in [5, 5.41) is 7.76. The Kier molecular flexibility index (Phi) is 8.96. The van der Waals surface area contributed by atoms with Crippen LogP contribution in [0.15, 0.2) is 79.5 Å². The molecule has 1 heterocycles.